The molecule has 0 aliphatic carbocycles. The van der Waals surface area contributed by atoms with Crippen LogP contribution in [0, 0.1) is 0 Å². The predicted molar refractivity (Wildman–Crippen MR) is 118 cm³/mol. The Bertz CT molecular complexity index is 1000. The first-order valence-electron chi connectivity index (χ1n) is 9.79. The van der Waals surface area contributed by atoms with E-state index in [9.17, 15) is 4.79 Å². The van der Waals surface area contributed by atoms with Crippen molar-refractivity contribution in [3.8, 4) is 11.5 Å². The van der Waals surface area contributed by atoms with Gasteiger partial charge in [0.1, 0.15) is 5.75 Å². The standard InChI is InChI=1S/C24H23ClN2O2/c1-17(18-6-4-7-20(16-18)27-15-5-10-24(27)28)26-22-8-2-3-9-23(22)29-21-13-11-19(25)12-14-21/h2-4,6-9,11-14,16-17,26H,5,10,15H2,1H3. The van der Waals surface area contributed by atoms with Gasteiger partial charge < -0.3 is 15.0 Å². The second-order valence-electron chi connectivity index (χ2n) is 7.16. The molecule has 4 nitrogen and oxygen atoms in total. The lowest BCUT2D eigenvalue weighted by molar-refractivity contribution is -0.117. The smallest absolute Gasteiger partial charge is 0.227 e. The molecule has 29 heavy (non-hydrogen) atoms. The Hall–Kier alpha value is -2.98. The van der Waals surface area contributed by atoms with Crippen molar-refractivity contribution in [2.24, 2.45) is 0 Å². The molecule has 1 heterocycles. The molecule has 3 aromatic carbocycles. The Labute approximate surface area is 176 Å². The number of hydrogen-bond donors (Lipinski definition) is 1. The summed E-state index contributed by atoms with van der Waals surface area (Å²) in [6.45, 7) is 2.89. The van der Waals surface area contributed by atoms with Crippen LogP contribution in [-0.4, -0.2) is 12.5 Å². The fraction of sp³-hybridized carbons (Fsp3) is 0.208. The summed E-state index contributed by atoms with van der Waals surface area (Å²) in [5.41, 5.74) is 2.98. The van der Waals surface area contributed by atoms with Crippen molar-refractivity contribution in [3.05, 3.63) is 83.4 Å². The number of halogens is 1. The molecular formula is C24H23ClN2O2. The highest BCUT2D eigenvalue weighted by molar-refractivity contribution is 6.30. The molecule has 1 atom stereocenters. The maximum absolute atomic E-state index is 12.1. The Kier molecular flexibility index (Phi) is 5.72. The Balaban J connectivity index is 1.52. The summed E-state index contributed by atoms with van der Waals surface area (Å²) >= 11 is 5.96. The van der Waals surface area contributed by atoms with Crippen molar-refractivity contribution in [3.63, 3.8) is 0 Å². The van der Waals surface area contributed by atoms with Gasteiger partial charge in [-0.05, 0) is 67.4 Å². The van der Waals surface area contributed by atoms with E-state index in [1.54, 1.807) is 12.1 Å². The van der Waals surface area contributed by atoms with Crippen LogP contribution in [0.1, 0.15) is 31.4 Å². The average Bonchev–Trinajstić information content (AvgIpc) is 3.17. The molecule has 5 heteroatoms. The van der Waals surface area contributed by atoms with Gasteiger partial charge in [0.2, 0.25) is 5.91 Å². The van der Waals surface area contributed by atoms with E-state index in [1.165, 1.54) is 0 Å². The Morgan fingerprint density at radius 2 is 1.83 bits per heavy atom. The van der Waals surface area contributed by atoms with Crippen LogP contribution in [-0.2, 0) is 4.79 Å². The molecule has 1 amide bonds. The van der Waals surface area contributed by atoms with Crippen molar-refractivity contribution in [1.82, 2.24) is 0 Å². The average molecular weight is 407 g/mol. The number of carbonyl (C=O) groups is 1. The van der Waals surface area contributed by atoms with Gasteiger partial charge in [-0.1, -0.05) is 35.9 Å². The number of anilines is 2. The predicted octanol–water partition coefficient (Wildman–Crippen LogP) is 6.43. The van der Waals surface area contributed by atoms with Gasteiger partial charge in [0.05, 0.1) is 5.69 Å². The van der Waals surface area contributed by atoms with Crippen molar-refractivity contribution < 1.29 is 9.53 Å². The topological polar surface area (TPSA) is 41.6 Å². The quantitative estimate of drug-likeness (QED) is 0.512. The van der Waals surface area contributed by atoms with E-state index in [-0.39, 0.29) is 11.9 Å². The highest BCUT2D eigenvalue weighted by Crippen LogP contribution is 2.33. The van der Waals surface area contributed by atoms with Crippen LogP contribution >= 0.6 is 11.6 Å². The van der Waals surface area contributed by atoms with Crippen LogP contribution < -0.4 is 15.0 Å². The van der Waals surface area contributed by atoms with Gasteiger partial charge in [-0.2, -0.15) is 0 Å². The molecule has 0 saturated carbocycles. The molecule has 1 saturated heterocycles. The Morgan fingerprint density at radius 3 is 2.59 bits per heavy atom. The molecule has 0 bridgehead atoms. The van der Waals surface area contributed by atoms with Gasteiger partial charge in [-0.25, -0.2) is 0 Å². The Morgan fingerprint density at radius 1 is 1.03 bits per heavy atom. The number of carbonyl (C=O) groups excluding carboxylic acids is 1. The van der Waals surface area contributed by atoms with E-state index in [2.05, 4.69) is 24.4 Å². The third kappa shape index (κ3) is 4.54. The van der Waals surface area contributed by atoms with E-state index in [0.717, 1.165) is 41.4 Å². The van der Waals surface area contributed by atoms with Gasteiger partial charge in [0, 0.05) is 29.7 Å². The van der Waals surface area contributed by atoms with E-state index in [1.807, 2.05) is 53.4 Å². The van der Waals surface area contributed by atoms with Crippen LogP contribution in [0.15, 0.2) is 72.8 Å². The summed E-state index contributed by atoms with van der Waals surface area (Å²) in [5, 5.41) is 4.21. The molecule has 1 unspecified atom stereocenters. The van der Waals surface area contributed by atoms with Gasteiger partial charge in [0.25, 0.3) is 0 Å². The third-order valence-corrected chi connectivity index (χ3v) is 5.31. The third-order valence-electron chi connectivity index (χ3n) is 5.06. The monoisotopic (exact) mass is 406 g/mol. The first-order valence-corrected chi connectivity index (χ1v) is 10.2. The van der Waals surface area contributed by atoms with Crippen LogP contribution in [0.3, 0.4) is 0 Å². The zero-order valence-corrected chi connectivity index (χ0v) is 17.0. The summed E-state index contributed by atoms with van der Waals surface area (Å²) in [4.78, 5) is 13.9. The van der Waals surface area contributed by atoms with Crippen LogP contribution in [0.2, 0.25) is 5.02 Å². The number of para-hydroxylation sites is 2. The minimum Gasteiger partial charge on any atom is -0.455 e. The van der Waals surface area contributed by atoms with Crippen molar-refractivity contribution in [2.45, 2.75) is 25.8 Å². The summed E-state index contributed by atoms with van der Waals surface area (Å²) in [7, 11) is 0. The van der Waals surface area contributed by atoms with Gasteiger partial charge in [-0.3, -0.25) is 4.79 Å². The first-order chi connectivity index (χ1) is 14.1. The molecule has 1 fully saturated rings. The summed E-state index contributed by atoms with van der Waals surface area (Å²) in [6, 6.07) is 23.4. The maximum Gasteiger partial charge on any atom is 0.227 e. The van der Waals surface area contributed by atoms with Crippen molar-refractivity contribution >= 4 is 28.9 Å². The molecule has 4 rings (SSSR count). The molecular weight excluding hydrogens is 384 g/mol. The van der Waals surface area contributed by atoms with Crippen LogP contribution in [0.5, 0.6) is 11.5 Å². The molecule has 1 aliphatic heterocycles. The van der Waals surface area contributed by atoms with E-state index < -0.39 is 0 Å². The maximum atomic E-state index is 12.1. The number of rotatable bonds is 6. The van der Waals surface area contributed by atoms with E-state index in [0.29, 0.717) is 11.4 Å². The number of amides is 1. The van der Waals surface area contributed by atoms with Gasteiger partial charge in [-0.15, -0.1) is 0 Å². The van der Waals surface area contributed by atoms with Crippen LogP contribution in [0.25, 0.3) is 0 Å². The van der Waals surface area contributed by atoms with Crippen molar-refractivity contribution in [1.29, 1.82) is 0 Å². The molecule has 1 aliphatic rings. The molecule has 0 spiro atoms. The number of benzene rings is 3. The lowest BCUT2D eigenvalue weighted by Crippen LogP contribution is -2.23. The van der Waals surface area contributed by atoms with E-state index in [4.69, 9.17) is 16.3 Å². The fourth-order valence-electron chi connectivity index (χ4n) is 3.50. The zero-order valence-electron chi connectivity index (χ0n) is 16.3. The van der Waals surface area contributed by atoms with Gasteiger partial charge >= 0.3 is 0 Å². The minimum absolute atomic E-state index is 0.0441. The second kappa shape index (κ2) is 8.58. The summed E-state index contributed by atoms with van der Waals surface area (Å²) in [5.74, 6) is 1.67. The highest BCUT2D eigenvalue weighted by atomic mass is 35.5. The molecule has 0 aromatic heterocycles. The van der Waals surface area contributed by atoms with Crippen LogP contribution in [0.4, 0.5) is 11.4 Å². The number of nitrogens with zero attached hydrogens (tertiary/aromatic N) is 1. The fourth-order valence-corrected chi connectivity index (χ4v) is 3.63. The molecule has 0 radical (unpaired) electrons. The lowest BCUT2D eigenvalue weighted by Gasteiger charge is -2.21. The molecule has 1 N–H and O–H groups in total. The SMILES string of the molecule is CC(Nc1ccccc1Oc1ccc(Cl)cc1)c1cccc(N2CCCC2=O)c1. The molecule has 3 aromatic rings. The zero-order chi connectivity index (χ0) is 20.2. The number of nitrogens with one attached hydrogen (secondary N) is 1. The normalized spacial score (nSPS) is 14.7. The van der Waals surface area contributed by atoms with E-state index >= 15 is 0 Å². The number of ether oxygens (including phenoxy) is 1. The summed E-state index contributed by atoms with van der Waals surface area (Å²) < 4.78 is 6.05. The largest absolute Gasteiger partial charge is 0.455 e. The number of hydrogen-bond acceptors (Lipinski definition) is 3. The minimum atomic E-state index is 0.0441. The van der Waals surface area contributed by atoms with Gasteiger partial charge in [0.15, 0.2) is 5.75 Å². The summed E-state index contributed by atoms with van der Waals surface area (Å²) in [6.07, 6.45) is 1.56. The highest BCUT2D eigenvalue weighted by Gasteiger charge is 2.22. The second-order valence-corrected chi connectivity index (χ2v) is 7.60. The van der Waals surface area contributed by atoms with Crippen molar-refractivity contribution in [2.75, 3.05) is 16.8 Å². The molecule has 148 valence electrons. The lowest BCUT2D eigenvalue weighted by atomic mass is 10.1. The first kappa shape index (κ1) is 19.3.